The zero-order valence-electron chi connectivity index (χ0n) is 11.1. The molecule has 1 unspecified atom stereocenters. The van der Waals surface area contributed by atoms with Crippen molar-refractivity contribution in [1.29, 1.82) is 0 Å². The Morgan fingerprint density at radius 2 is 1.65 bits per heavy atom. The van der Waals surface area contributed by atoms with E-state index in [2.05, 4.69) is 36.9 Å². The van der Waals surface area contributed by atoms with Crippen LogP contribution in [0, 0.1) is 13.8 Å². The molecule has 1 fully saturated rings. The smallest absolute Gasteiger partial charge is 0.0470 e. The summed E-state index contributed by atoms with van der Waals surface area (Å²) in [7, 11) is 0. The van der Waals surface area contributed by atoms with Crippen LogP contribution in [0.1, 0.15) is 42.0 Å². The highest BCUT2D eigenvalue weighted by molar-refractivity contribution is 5.31. The lowest BCUT2D eigenvalue weighted by molar-refractivity contribution is 0.167. The molecular weight excluding hydrogens is 208 g/mol. The molecule has 0 amide bonds. The van der Waals surface area contributed by atoms with Crippen LogP contribution in [-0.4, -0.2) is 24.5 Å². The maximum Gasteiger partial charge on any atom is 0.0470 e. The van der Waals surface area contributed by atoms with Crippen molar-refractivity contribution in [2.75, 3.05) is 19.6 Å². The van der Waals surface area contributed by atoms with E-state index < -0.39 is 0 Å². The summed E-state index contributed by atoms with van der Waals surface area (Å²) in [6, 6.07) is 7.22. The molecule has 1 aliphatic heterocycles. The Labute approximate surface area is 105 Å². The van der Waals surface area contributed by atoms with Crippen molar-refractivity contribution in [2.24, 2.45) is 5.73 Å². The Kier molecular flexibility index (Phi) is 4.19. The number of hydrogen-bond acceptors (Lipinski definition) is 2. The van der Waals surface area contributed by atoms with Crippen LogP contribution in [0.2, 0.25) is 0 Å². The summed E-state index contributed by atoms with van der Waals surface area (Å²) >= 11 is 0. The van der Waals surface area contributed by atoms with Gasteiger partial charge in [0, 0.05) is 12.6 Å². The van der Waals surface area contributed by atoms with Crippen LogP contribution in [0.25, 0.3) is 0 Å². The fraction of sp³-hybridized carbons (Fsp3) is 0.600. The highest BCUT2D eigenvalue weighted by Gasteiger charge is 2.21. The molecule has 94 valence electrons. The lowest BCUT2D eigenvalue weighted by atomic mass is 9.98. The summed E-state index contributed by atoms with van der Waals surface area (Å²) in [6.45, 7) is 7.47. The lowest BCUT2D eigenvalue weighted by Crippen LogP contribution is -2.37. The zero-order valence-corrected chi connectivity index (χ0v) is 11.1. The molecule has 0 aromatic heterocycles. The van der Waals surface area contributed by atoms with Crippen LogP contribution < -0.4 is 5.73 Å². The van der Waals surface area contributed by atoms with Gasteiger partial charge in [0.25, 0.3) is 0 Å². The molecule has 17 heavy (non-hydrogen) atoms. The Bertz CT molecular complexity index is 347. The van der Waals surface area contributed by atoms with E-state index in [0.717, 1.165) is 6.54 Å². The van der Waals surface area contributed by atoms with Crippen molar-refractivity contribution in [3.05, 3.63) is 34.9 Å². The van der Waals surface area contributed by atoms with Crippen LogP contribution in [-0.2, 0) is 0 Å². The first-order chi connectivity index (χ1) is 8.20. The molecule has 2 rings (SSSR count). The molecule has 1 heterocycles. The van der Waals surface area contributed by atoms with E-state index in [0.29, 0.717) is 6.04 Å². The van der Waals surface area contributed by atoms with Gasteiger partial charge < -0.3 is 5.73 Å². The minimum atomic E-state index is 0.411. The Morgan fingerprint density at radius 1 is 1.06 bits per heavy atom. The molecular formula is C15H24N2. The molecule has 1 saturated heterocycles. The van der Waals surface area contributed by atoms with Crippen molar-refractivity contribution in [3.8, 4) is 0 Å². The molecule has 2 N–H and O–H groups in total. The number of hydrogen-bond donors (Lipinski definition) is 1. The highest BCUT2D eigenvalue weighted by atomic mass is 15.2. The number of nitrogens with zero attached hydrogens (tertiary/aromatic N) is 1. The van der Waals surface area contributed by atoms with Gasteiger partial charge in [0.1, 0.15) is 0 Å². The second-order valence-corrected chi connectivity index (χ2v) is 5.27. The van der Waals surface area contributed by atoms with Gasteiger partial charge in [-0.05, 0) is 45.3 Å². The molecule has 1 aromatic rings. The van der Waals surface area contributed by atoms with Crippen LogP contribution in [0.3, 0.4) is 0 Å². The molecule has 0 spiro atoms. The van der Waals surface area contributed by atoms with Crippen LogP contribution in [0.5, 0.6) is 0 Å². The van der Waals surface area contributed by atoms with Gasteiger partial charge in [-0.15, -0.1) is 0 Å². The van der Waals surface area contributed by atoms with Gasteiger partial charge in [0.2, 0.25) is 0 Å². The second-order valence-electron chi connectivity index (χ2n) is 5.27. The first-order valence-corrected chi connectivity index (χ1v) is 6.73. The lowest BCUT2D eigenvalue weighted by Gasteiger charge is -2.34. The summed E-state index contributed by atoms with van der Waals surface area (Å²) in [4.78, 5) is 2.55. The van der Waals surface area contributed by atoms with Crippen molar-refractivity contribution in [2.45, 2.75) is 39.2 Å². The van der Waals surface area contributed by atoms with E-state index in [1.54, 1.807) is 0 Å². The average molecular weight is 232 g/mol. The summed E-state index contributed by atoms with van der Waals surface area (Å²) < 4.78 is 0. The summed E-state index contributed by atoms with van der Waals surface area (Å²) in [5, 5.41) is 0. The van der Waals surface area contributed by atoms with Gasteiger partial charge in [-0.25, -0.2) is 0 Å². The normalized spacial score (nSPS) is 19.2. The number of aryl methyl sites for hydroxylation is 2. The predicted molar refractivity (Wildman–Crippen MR) is 73.1 cm³/mol. The quantitative estimate of drug-likeness (QED) is 0.868. The monoisotopic (exact) mass is 232 g/mol. The van der Waals surface area contributed by atoms with E-state index in [4.69, 9.17) is 5.73 Å². The molecule has 2 nitrogen and oxygen atoms in total. The number of benzene rings is 1. The molecule has 2 heteroatoms. The molecule has 0 saturated carbocycles. The molecule has 1 atom stereocenters. The van der Waals surface area contributed by atoms with Crippen molar-refractivity contribution >= 4 is 0 Å². The number of likely N-dealkylation sites (tertiary alicyclic amines) is 1. The maximum atomic E-state index is 5.99. The van der Waals surface area contributed by atoms with E-state index >= 15 is 0 Å². The van der Waals surface area contributed by atoms with Crippen LogP contribution in [0.15, 0.2) is 18.2 Å². The predicted octanol–water partition coefficient (Wildman–Crippen LogP) is 2.79. The zero-order chi connectivity index (χ0) is 12.3. The van der Waals surface area contributed by atoms with E-state index in [1.165, 1.54) is 49.0 Å². The van der Waals surface area contributed by atoms with Crippen molar-refractivity contribution < 1.29 is 0 Å². The van der Waals surface area contributed by atoms with Crippen LogP contribution >= 0.6 is 0 Å². The third kappa shape index (κ3) is 3.08. The standard InChI is InChI=1S/C15H24N2/c1-12-8-13(2)10-14(9-12)15(11-16)17-6-4-3-5-7-17/h8-10,15H,3-7,11,16H2,1-2H3. The number of piperidine rings is 1. The first kappa shape index (κ1) is 12.6. The highest BCUT2D eigenvalue weighted by Crippen LogP contribution is 2.25. The van der Waals surface area contributed by atoms with E-state index in [9.17, 15) is 0 Å². The molecule has 0 bridgehead atoms. The molecule has 0 aliphatic carbocycles. The van der Waals surface area contributed by atoms with Gasteiger partial charge in [-0.2, -0.15) is 0 Å². The first-order valence-electron chi connectivity index (χ1n) is 6.73. The summed E-state index contributed by atoms with van der Waals surface area (Å²) in [5.74, 6) is 0. The summed E-state index contributed by atoms with van der Waals surface area (Å²) in [5.41, 5.74) is 10.1. The van der Waals surface area contributed by atoms with Gasteiger partial charge in [0.05, 0.1) is 0 Å². The fourth-order valence-corrected chi connectivity index (χ4v) is 2.93. The van der Waals surface area contributed by atoms with Crippen LogP contribution in [0.4, 0.5) is 0 Å². The van der Waals surface area contributed by atoms with Crippen molar-refractivity contribution in [1.82, 2.24) is 4.90 Å². The minimum absolute atomic E-state index is 0.411. The average Bonchev–Trinajstić information content (AvgIpc) is 2.30. The SMILES string of the molecule is Cc1cc(C)cc(C(CN)N2CCCCC2)c1. The van der Waals surface area contributed by atoms with E-state index in [1.807, 2.05) is 0 Å². The molecule has 1 aromatic carbocycles. The number of nitrogens with two attached hydrogens (primary N) is 1. The fourth-order valence-electron chi connectivity index (χ4n) is 2.93. The Balaban J connectivity index is 2.21. The molecule has 0 radical (unpaired) electrons. The third-order valence-electron chi connectivity index (χ3n) is 3.68. The molecule has 1 aliphatic rings. The Hall–Kier alpha value is -0.860. The van der Waals surface area contributed by atoms with Gasteiger partial charge in [-0.3, -0.25) is 4.90 Å². The second kappa shape index (κ2) is 5.65. The third-order valence-corrected chi connectivity index (χ3v) is 3.68. The van der Waals surface area contributed by atoms with Crippen molar-refractivity contribution in [3.63, 3.8) is 0 Å². The number of rotatable bonds is 3. The van der Waals surface area contributed by atoms with Gasteiger partial charge in [0.15, 0.2) is 0 Å². The van der Waals surface area contributed by atoms with E-state index in [-0.39, 0.29) is 0 Å². The topological polar surface area (TPSA) is 29.3 Å². The Morgan fingerprint density at radius 3 is 2.18 bits per heavy atom. The van der Waals surface area contributed by atoms with Gasteiger partial charge >= 0.3 is 0 Å². The van der Waals surface area contributed by atoms with Gasteiger partial charge in [-0.1, -0.05) is 35.7 Å². The summed E-state index contributed by atoms with van der Waals surface area (Å²) in [6.07, 6.45) is 4.02. The largest absolute Gasteiger partial charge is 0.329 e. The maximum absolute atomic E-state index is 5.99. The minimum Gasteiger partial charge on any atom is -0.329 e.